The third-order valence-corrected chi connectivity index (χ3v) is 9.32. The smallest absolute Gasteiger partial charge is 0.315 e. The van der Waals surface area contributed by atoms with Crippen LogP contribution in [0.15, 0.2) is 30.3 Å². The molecule has 4 nitrogen and oxygen atoms in total. The first kappa shape index (κ1) is 30.9. The number of rotatable bonds is 19. The molecular weight excluding hydrogens is 464 g/mol. The number of ether oxygens (including phenoxy) is 2. The lowest BCUT2D eigenvalue weighted by Crippen LogP contribution is -2.22. The van der Waals surface area contributed by atoms with Crippen LogP contribution in [0, 0.1) is 11.8 Å². The highest BCUT2D eigenvalue weighted by atomic mass is 32.2. The molecular formula is C28H46O4S2. The van der Waals surface area contributed by atoms with Gasteiger partial charge in [-0.15, -0.1) is 23.5 Å². The Bertz CT molecular complexity index is 644. The van der Waals surface area contributed by atoms with Crippen molar-refractivity contribution in [1.29, 1.82) is 0 Å². The van der Waals surface area contributed by atoms with E-state index in [4.69, 9.17) is 9.47 Å². The lowest BCUT2D eigenvalue weighted by Gasteiger charge is -2.28. The number of hydrogen-bond acceptors (Lipinski definition) is 6. The van der Waals surface area contributed by atoms with Crippen LogP contribution in [-0.2, 0) is 23.1 Å². The minimum atomic E-state index is -0.446. The van der Waals surface area contributed by atoms with E-state index in [0.29, 0.717) is 25.0 Å². The predicted molar refractivity (Wildman–Crippen MR) is 147 cm³/mol. The maximum atomic E-state index is 12.5. The largest absolute Gasteiger partial charge is 0.465 e. The van der Waals surface area contributed by atoms with Crippen molar-refractivity contribution in [2.45, 2.75) is 90.1 Å². The minimum Gasteiger partial charge on any atom is -0.465 e. The van der Waals surface area contributed by atoms with E-state index in [2.05, 4.69) is 34.6 Å². The zero-order valence-electron chi connectivity index (χ0n) is 22.0. The van der Waals surface area contributed by atoms with Crippen LogP contribution < -0.4 is 0 Å². The molecule has 0 aliphatic rings. The number of carbonyl (C=O) groups excluding carboxylic acids is 2. The van der Waals surface area contributed by atoms with Crippen molar-refractivity contribution in [3.05, 3.63) is 35.9 Å². The predicted octanol–water partition coefficient (Wildman–Crippen LogP) is 7.84. The van der Waals surface area contributed by atoms with Gasteiger partial charge >= 0.3 is 11.9 Å². The number of unbranched alkanes of at least 4 members (excludes halogenated alkanes) is 2. The molecule has 0 aliphatic heterocycles. The Morgan fingerprint density at radius 3 is 1.62 bits per heavy atom. The molecule has 0 amide bonds. The average molecular weight is 511 g/mol. The SMILES string of the molecule is CCCCC(CC)COC(=O)CSC(C)(SCC(=O)OCC(CC)CCCC)c1ccccc1. The molecule has 0 fully saturated rings. The quantitative estimate of drug-likeness (QED) is 0.139. The van der Waals surface area contributed by atoms with Crippen molar-refractivity contribution in [2.75, 3.05) is 24.7 Å². The second kappa shape index (κ2) is 18.2. The number of thioether (sulfide) groups is 2. The molecule has 34 heavy (non-hydrogen) atoms. The van der Waals surface area contributed by atoms with Gasteiger partial charge in [-0.05, 0) is 37.2 Å². The highest BCUT2D eigenvalue weighted by Crippen LogP contribution is 2.46. The molecule has 194 valence electrons. The van der Waals surface area contributed by atoms with Crippen molar-refractivity contribution < 1.29 is 19.1 Å². The Labute approximate surface area is 216 Å². The number of esters is 2. The summed E-state index contributed by atoms with van der Waals surface area (Å²) in [5, 5.41) is 0. The molecule has 1 aromatic rings. The van der Waals surface area contributed by atoms with Crippen LogP contribution in [0.4, 0.5) is 0 Å². The first-order valence-electron chi connectivity index (χ1n) is 13.0. The van der Waals surface area contributed by atoms with Gasteiger partial charge in [0.15, 0.2) is 0 Å². The molecule has 2 atom stereocenters. The van der Waals surface area contributed by atoms with Gasteiger partial charge in [-0.3, -0.25) is 9.59 Å². The van der Waals surface area contributed by atoms with Gasteiger partial charge in [0.25, 0.3) is 0 Å². The van der Waals surface area contributed by atoms with Crippen LogP contribution in [0.2, 0.25) is 0 Å². The van der Waals surface area contributed by atoms with Crippen LogP contribution in [0.5, 0.6) is 0 Å². The first-order chi connectivity index (χ1) is 16.4. The number of hydrogen-bond donors (Lipinski definition) is 0. The monoisotopic (exact) mass is 510 g/mol. The van der Waals surface area contributed by atoms with Crippen LogP contribution in [0.1, 0.15) is 91.5 Å². The van der Waals surface area contributed by atoms with Crippen LogP contribution in [-0.4, -0.2) is 36.7 Å². The molecule has 2 unspecified atom stereocenters. The van der Waals surface area contributed by atoms with E-state index in [1.165, 1.54) is 36.4 Å². The maximum Gasteiger partial charge on any atom is 0.315 e. The Morgan fingerprint density at radius 2 is 1.24 bits per heavy atom. The van der Waals surface area contributed by atoms with Gasteiger partial charge in [0.1, 0.15) is 0 Å². The summed E-state index contributed by atoms with van der Waals surface area (Å²) in [6, 6.07) is 10.1. The van der Waals surface area contributed by atoms with Gasteiger partial charge in [-0.25, -0.2) is 0 Å². The second-order valence-corrected chi connectivity index (χ2v) is 12.1. The standard InChI is InChI=1S/C28H46O4S2/c1-6-10-15-23(8-3)19-31-26(29)21-33-28(5,25-17-13-12-14-18-25)34-22-27(30)32-20-24(9-4)16-11-7-2/h12-14,17-18,23-24H,6-11,15-16,19-22H2,1-5H3. The zero-order valence-corrected chi connectivity index (χ0v) is 23.6. The fourth-order valence-corrected chi connectivity index (χ4v) is 5.89. The Balaban J connectivity index is 2.63. The maximum absolute atomic E-state index is 12.5. The summed E-state index contributed by atoms with van der Waals surface area (Å²) in [5.74, 6) is 1.00. The van der Waals surface area contributed by atoms with Crippen LogP contribution in [0.3, 0.4) is 0 Å². The fraction of sp³-hybridized carbons (Fsp3) is 0.714. The summed E-state index contributed by atoms with van der Waals surface area (Å²) in [5.41, 5.74) is 1.08. The zero-order chi connectivity index (χ0) is 25.2. The molecule has 0 radical (unpaired) electrons. The molecule has 0 aromatic heterocycles. The fourth-order valence-electron chi connectivity index (χ4n) is 3.64. The Morgan fingerprint density at radius 1 is 0.794 bits per heavy atom. The van der Waals surface area contributed by atoms with Gasteiger partial charge in [-0.2, -0.15) is 0 Å². The molecule has 1 aromatic carbocycles. The highest BCUT2D eigenvalue weighted by Gasteiger charge is 2.30. The van der Waals surface area contributed by atoms with Crippen molar-refractivity contribution in [3.8, 4) is 0 Å². The van der Waals surface area contributed by atoms with Gasteiger partial charge < -0.3 is 9.47 Å². The van der Waals surface area contributed by atoms with Gasteiger partial charge in [0, 0.05) is 0 Å². The van der Waals surface area contributed by atoms with Crippen LogP contribution in [0.25, 0.3) is 0 Å². The number of carbonyl (C=O) groups is 2. The Kier molecular flexibility index (Phi) is 16.5. The van der Waals surface area contributed by atoms with Crippen molar-refractivity contribution in [2.24, 2.45) is 11.8 Å². The molecule has 0 saturated heterocycles. The van der Waals surface area contributed by atoms with Gasteiger partial charge in [0.2, 0.25) is 0 Å². The molecule has 0 N–H and O–H groups in total. The average Bonchev–Trinajstić information content (AvgIpc) is 2.87. The van der Waals surface area contributed by atoms with E-state index in [1.54, 1.807) is 0 Å². The third kappa shape index (κ3) is 12.5. The highest BCUT2D eigenvalue weighted by molar-refractivity contribution is 8.18. The normalized spacial score (nSPS) is 14.7. The summed E-state index contributed by atoms with van der Waals surface area (Å²) in [4.78, 5) is 25.0. The second-order valence-electron chi connectivity index (χ2n) is 9.09. The molecule has 0 saturated carbocycles. The van der Waals surface area contributed by atoms with E-state index in [9.17, 15) is 9.59 Å². The van der Waals surface area contributed by atoms with E-state index in [-0.39, 0.29) is 23.4 Å². The topological polar surface area (TPSA) is 52.6 Å². The van der Waals surface area contributed by atoms with E-state index in [1.807, 2.05) is 30.3 Å². The summed E-state index contributed by atoms with van der Waals surface area (Å²) >= 11 is 3.05. The van der Waals surface area contributed by atoms with E-state index >= 15 is 0 Å². The summed E-state index contributed by atoms with van der Waals surface area (Å²) in [6.45, 7) is 11.7. The lowest BCUT2D eigenvalue weighted by atomic mass is 10.0. The van der Waals surface area contributed by atoms with Crippen molar-refractivity contribution >= 4 is 35.5 Å². The Hall–Kier alpha value is -1.14. The van der Waals surface area contributed by atoms with Gasteiger partial charge in [-0.1, -0.05) is 96.6 Å². The third-order valence-electron chi connectivity index (χ3n) is 6.28. The minimum absolute atomic E-state index is 0.188. The lowest BCUT2D eigenvalue weighted by molar-refractivity contribution is -0.142. The summed E-state index contributed by atoms with van der Waals surface area (Å²) in [6.07, 6.45) is 8.91. The van der Waals surface area contributed by atoms with Crippen LogP contribution >= 0.6 is 23.5 Å². The van der Waals surface area contributed by atoms with Crippen molar-refractivity contribution in [3.63, 3.8) is 0 Å². The van der Waals surface area contributed by atoms with Crippen molar-refractivity contribution in [1.82, 2.24) is 0 Å². The molecule has 6 heteroatoms. The molecule has 0 heterocycles. The summed E-state index contributed by atoms with van der Waals surface area (Å²) < 4.78 is 10.7. The summed E-state index contributed by atoms with van der Waals surface area (Å²) in [7, 11) is 0. The number of benzene rings is 1. The molecule has 0 spiro atoms. The van der Waals surface area contributed by atoms with E-state index in [0.717, 1.165) is 44.1 Å². The first-order valence-corrected chi connectivity index (χ1v) is 15.0. The molecule has 0 aliphatic carbocycles. The molecule has 0 bridgehead atoms. The van der Waals surface area contributed by atoms with Gasteiger partial charge in [0.05, 0.1) is 28.8 Å². The molecule has 1 rings (SSSR count). The van der Waals surface area contributed by atoms with E-state index < -0.39 is 4.08 Å².